The van der Waals surface area contributed by atoms with Gasteiger partial charge in [0, 0.05) is 12.8 Å². The Balaban J connectivity index is 2.71. The second-order valence-corrected chi connectivity index (χ2v) is 3.27. The standard InChI is InChI=1S/C11H15NO3/c1-8(15-2)10(11(13)14)12-9-6-4-3-5-7-9/h3-8,10,12H,1-2H3,(H,13,14)/t8-,10-/m1/s1. The van der Waals surface area contributed by atoms with Crippen molar-refractivity contribution in [2.75, 3.05) is 12.4 Å². The summed E-state index contributed by atoms with van der Waals surface area (Å²) in [6.45, 7) is 1.72. The van der Waals surface area contributed by atoms with Crippen molar-refractivity contribution in [3.63, 3.8) is 0 Å². The molecule has 82 valence electrons. The molecular weight excluding hydrogens is 194 g/mol. The first-order valence-electron chi connectivity index (χ1n) is 4.72. The summed E-state index contributed by atoms with van der Waals surface area (Å²) in [5.41, 5.74) is 0.772. The molecule has 1 aromatic rings. The number of nitrogens with one attached hydrogen (secondary N) is 1. The van der Waals surface area contributed by atoms with E-state index in [2.05, 4.69) is 5.32 Å². The molecule has 4 nitrogen and oxygen atoms in total. The van der Waals surface area contributed by atoms with E-state index in [-0.39, 0.29) is 6.10 Å². The number of para-hydroxylation sites is 1. The molecule has 0 saturated carbocycles. The largest absolute Gasteiger partial charge is 0.480 e. The first-order chi connectivity index (χ1) is 7.15. The number of carbonyl (C=O) groups is 1. The molecule has 0 spiro atoms. The van der Waals surface area contributed by atoms with Crippen LogP contribution >= 0.6 is 0 Å². The van der Waals surface area contributed by atoms with Crippen molar-refractivity contribution in [1.29, 1.82) is 0 Å². The van der Waals surface area contributed by atoms with E-state index >= 15 is 0 Å². The molecule has 0 radical (unpaired) electrons. The van der Waals surface area contributed by atoms with E-state index < -0.39 is 12.0 Å². The highest BCUT2D eigenvalue weighted by molar-refractivity contribution is 5.78. The van der Waals surface area contributed by atoms with Crippen molar-refractivity contribution in [2.24, 2.45) is 0 Å². The first-order valence-corrected chi connectivity index (χ1v) is 4.72. The zero-order valence-corrected chi connectivity index (χ0v) is 8.81. The van der Waals surface area contributed by atoms with Crippen molar-refractivity contribution in [2.45, 2.75) is 19.1 Å². The Kier molecular flexibility index (Phi) is 4.12. The average Bonchev–Trinajstić information content (AvgIpc) is 2.26. The van der Waals surface area contributed by atoms with Crippen molar-refractivity contribution in [3.05, 3.63) is 30.3 Å². The normalized spacial score (nSPS) is 14.3. The maximum Gasteiger partial charge on any atom is 0.328 e. The fourth-order valence-corrected chi connectivity index (χ4v) is 1.23. The Morgan fingerprint density at radius 1 is 1.40 bits per heavy atom. The third-order valence-corrected chi connectivity index (χ3v) is 2.20. The average molecular weight is 209 g/mol. The van der Waals surface area contributed by atoms with Crippen LogP contribution in [-0.4, -0.2) is 30.3 Å². The summed E-state index contributed by atoms with van der Waals surface area (Å²) < 4.78 is 5.00. The van der Waals surface area contributed by atoms with Gasteiger partial charge in [-0.15, -0.1) is 0 Å². The molecule has 0 amide bonds. The monoisotopic (exact) mass is 209 g/mol. The van der Waals surface area contributed by atoms with Gasteiger partial charge in [0.05, 0.1) is 6.10 Å². The molecule has 2 atom stereocenters. The Labute approximate surface area is 88.9 Å². The minimum absolute atomic E-state index is 0.386. The van der Waals surface area contributed by atoms with Crippen molar-refractivity contribution >= 4 is 11.7 Å². The van der Waals surface area contributed by atoms with Gasteiger partial charge in [-0.1, -0.05) is 18.2 Å². The zero-order valence-electron chi connectivity index (χ0n) is 8.81. The number of hydrogen-bond donors (Lipinski definition) is 2. The number of ether oxygens (including phenoxy) is 1. The van der Waals surface area contributed by atoms with Crippen LogP contribution in [0.3, 0.4) is 0 Å². The van der Waals surface area contributed by atoms with Gasteiger partial charge in [0.1, 0.15) is 0 Å². The molecule has 2 N–H and O–H groups in total. The molecule has 0 aromatic heterocycles. The fourth-order valence-electron chi connectivity index (χ4n) is 1.23. The molecule has 0 bridgehead atoms. The summed E-state index contributed by atoms with van der Waals surface area (Å²) in [4.78, 5) is 11.0. The zero-order chi connectivity index (χ0) is 11.3. The van der Waals surface area contributed by atoms with E-state index in [0.717, 1.165) is 5.69 Å². The lowest BCUT2D eigenvalue weighted by Gasteiger charge is -2.21. The van der Waals surface area contributed by atoms with E-state index in [0.29, 0.717) is 0 Å². The molecule has 1 aromatic carbocycles. The number of hydrogen-bond acceptors (Lipinski definition) is 3. The van der Waals surface area contributed by atoms with Gasteiger partial charge in [-0.2, -0.15) is 0 Å². The van der Waals surface area contributed by atoms with Gasteiger partial charge in [0.15, 0.2) is 6.04 Å². The Morgan fingerprint density at radius 3 is 2.47 bits per heavy atom. The Hall–Kier alpha value is -1.55. The van der Waals surface area contributed by atoms with Gasteiger partial charge in [-0.25, -0.2) is 4.79 Å². The lowest BCUT2D eigenvalue weighted by molar-refractivity contribution is -0.140. The first kappa shape index (κ1) is 11.5. The topological polar surface area (TPSA) is 58.6 Å². The molecule has 0 unspecified atom stereocenters. The minimum atomic E-state index is -0.923. The van der Waals surface area contributed by atoms with Gasteiger partial charge in [-0.3, -0.25) is 0 Å². The minimum Gasteiger partial charge on any atom is -0.480 e. The quantitative estimate of drug-likeness (QED) is 0.773. The predicted molar refractivity (Wildman–Crippen MR) is 58.0 cm³/mol. The van der Waals surface area contributed by atoms with Crippen LogP contribution in [0.25, 0.3) is 0 Å². The second-order valence-electron chi connectivity index (χ2n) is 3.27. The smallest absolute Gasteiger partial charge is 0.328 e. The van der Waals surface area contributed by atoms with Crippen LogP contribution in [0.5, 0.6) is 0 Å². The summed E-state index contributed by atoms with van der Waals surface area (Å²) in [6, 6.07) is 8.46. The van der Waals surface area contributed by atoms with E-state index in [1.165, 1.54) is 7.11 Å². The van der Waals surface area contributed by atoms with Crippen LogP contribution in [0.2, 0.25) is 0 Å². The highest BCUT2D eigenvalue weighted by Gasteiger charge is 2.24. The highest BCUT2D eigenvalue weighted by atomic mass is 16.5. The Morgan fingerprint density at radius 2 is 2.00 bits per heavy atom. The molecule has 15 heavy (non-hydrogen) atoms. The predicted octanol–water partition coefficient (Wildman–Crippen LogP) is 1.59. The third-order valence-electron chi connectivity index (χ3n) is 2.20. The number of anilines is 1. The molecule has 0 aliphatic carbocycles. The van der Waals surface area contributed by atoms with Crippen molar-refractivity contribution in [1.82, 2.24) is 0 Å². The number of methoxy groups -OCH3 is 1. The molecule has 1 rings (SSSR count). The van der Waals surface area contributed by atoms with E-state index in [1.807, 2.05) is 30.3 Å². The molecule has 0 fully saturated rings. The van der Waals surface area contributed by atoms with Gasteiger partial charge >= 0.3 is 5.97 Å². The summed E-state index contributed by atoms with van der Waals surface area (Å²) >= 11 is 0. The van der Waals surface area contributed by atoms with Gasteiger partial charge in [0.25, 0.3) is 0 Å². The van der Waals surface area contributed by atoms with Crippen molar-refractivity contribution in [3.8, 4) is 0 Å². The number of carboxylic acid groups (broad SMARTS) is 1. The van der Waals surface area contributed by atoms with Gasteiger partial charge < -0.3 is 15.2 Å². The second kappa shape index (κ2) is 5.36. The van der Waals surface area contributed by atoms with Crippen LogP contribution < -0.4 is 5.32 Å². The third kappa shape index (κ3) is 3.25. The lowest BCUT2D eigenvalue weighted by Crippen LogP contribution is -2.40. The molecule has 4 heteroatoms. The number of rotatable bonds is 5. The van der Waals surface area contributed by atoms with Gasteiger partial charge in [0.2, 0.25) is 0 Å². The molecule has 0 saturated heterocycles. The lowest BCUT2D eigenvalue weighted by atomic mass is 10.1. The Bertz CT molecular complexity index is 313. The highest BCUT2D eigenvalue weighted by Crippen LogP contribution is 2.10. The number of benzene rings is 1. The summed E-state index contributed by atoms with van der Waals surface area (Å²) in [6.07, 6.45) is -0.386. The van der Waals surface area contributed by atoms with Crippen LogP contribution in [0, 0.1) is 0 Å². The molecular formula is C11H15NO3. The van der Waals surface area contributed by atoms with Gasteiger partial charge in [-0.05, 0) is 19.1 Å². The fraction of sp³-hybridized carbons (Fsp3) is 0.364. The molecule has 0 aliphatic rings. The SMILES string of the molecule is CO[C@H](C)[C@@H](Nc1ccccc1)C(=O)O. The molecule has 0 heterocycles. The number of aliphatic carboxylic acids is 1. The summed E-state index contributed by atoms with van der Waals surface area (Å²) in [5, 5.41) is 11.9. The van der Waals surface area contributed by atoms with Crippen LogP contribution in [0.4, 0.5) is 5.69 Å². The van der Waals surface area contributed by atoms with E-state index in [1.54, 1.807) is 6.92 Å². The summed E-state index contributed by atoms with van der Waals surface area (Å²) in [5.74, 6) is -0.923. The van der Waals surface area contributed by atoms with E-state index in [4.69, 9.17) is 9.84 Å². The number of carboxylic acids is 1. The van der Waals surface area contributed by atoms with Crippen LogP contribution in [-0.2, 0) is 9.53 Å². The van der Waals surface area contributed by atoms with Crippen molar-refractivity contribution < 1.29 is 14.6 Å². The van der Waals surface area contributed by atoms with Crippen LogP contribution in [0.15, 0.2) is 30.3 Å². The van der Waals surface area contributed by atoms with E-state index in [9.17, 15) is 4.79 Å². The summed E-state index contributed by atoms with van der Waals surface area (Å²) in [7, 11) is 1.49. The maximum absolute atomic E-state index is 11.0. The van der Waals surface area contributed by atoms with Crippen LogP contribution in [0.1, 0.15) is 6.92 Å². The molecule has 0 aliphatic heterocycles. The maximum atomic E-state index is 11.0.